The maximum absolute atomic E-state index is 3.74. The van der Waals surface area contributed by atoms with Gasteiger partial charge in [-0.15, -0.1) is 6.58 Å². The van der Waals surface area contributed by atoms with Crippen LogP contribution in [0.3, 0.4) is 0 Å². The second-order valence-electron chi connectivity index (χ2n) is 4.22. The van der Waals surface area contributed by atoms with Crippen LogP contribution in [-0.4, -0.2) is 48.1 Å². The molecule has 0 spiro atoms. The van der Waals surface area contributed by atoms with E-state index in [0.717, 1.165) is 12.3 Å². The first-order valence-electron chi connectivity index (χ1n) is 5.94. The molecule has 1 heterocycles. The van der Waals surface area contributed by atoms with Gasteiger partial charge in [-0.25, -0.2) is 0 Å². The lowest BCUT2D eigenvalue weighted by Crippen LogP contribution is -2.55. The van der Waals surface area contributed by atoms with Gasteiger partial charge in [0.25, 0.3) is 0 Å². The van der Waals surface area contributed by atoms with Crippen LogP contribution in [0.2, 0.25) is 0 Å². The zero-order valence-corrected chi connectivity index (χ0v) is 10.9. The van der Waals surface area contributed by atoms with Crippen LogP contribution in [0.25, 0.3) is 0 Å². The topological polar surface area (TPSA) is 15.3 Å². The Morgan fingerprint density at radius 1 is 1.60 bits per heavy atom. The highest BCUT2D eigenvalue weighted by atomic mass is 32.2. The number of piperazine rings is 1. The van der Waals surface area contributed by atoms with Crippen molar-refractivity contribution in [1.29, 1.82) is 0 Å². The molecule has 2 unspecified atom stereocenters. The predicted molar refractivity (Wildman–Crippen MR) is 70.6 cm³/mol. The van der Waals surface area contributed by atoms with Crippen molar-refractivity contribution in [1.82, 2.24) is 10.2 Å². The summed E-state index contributed by atoms with van der Waals surface area (Å²) in [7, 11) is 0. The fourth-order valence-electron chi connectivity index (χ4n) is 1.93. The molecule has 2 nitrogen and oxygen atoms in total. The van der Waals surface area contributed by atoms with Gasteiger partial charge in [-0.2, -0.15) is 11.8 Å². The van der Waals surface area contributed by atoms with Gasteiger partial charge in [0.05, 0.1) is 0 Å². The first-order valence-corrected chi connectivity index (χ1v) is 7.09. The fraction of sp³-hybridized carbons (Fsp3) is 0.833. The Kier molecular flexibility index (Phi) is 6.37. The molecule has 1 aliphatic heterocycles. The SMILES string of the molecule is C=CCSCCN1CC(CC)NCC1C. The van der Waals surface area contributed by atoms with Gasteiger partial charge in [-0.1, -0.05) is 13.0 Å². The molecular weight excluding hydrogens is 204 g/mol. The molecule has 1 aliphatic rings. The molecule has 3 heteroatoms. The Hall–Kier alpha value is 0.01000. The van der Waals surface area contributed by atoms with Crippen molar-refractivity contribution in [2.45, 2.75) is 32.4 Å². The standard InChI is InChI=1S/C12H24N2S/c1-4-7-15-8-6-14-10-12(5-2)13-9-11(14)3/h4,11-13H,1,5-10H2,2-3H3. The van der Waals surface area contributed by atoms with Crippen LogP contribution in [0.15, 0.2) is 12.7 Å². The van der Waals surface area contributed by atoms with E-state index in [1.54, 1.807) is 0 Å². The minimum Gasteiger partial charge on any atom is -0.311 e. The molecule has 88 valence electrons. The molecular formula is C12H24N2S. The van der Waals surface area contributed by atoms with Gasteiger partial charge in [0.15, 0.2) is 0 Å². The molecule has 0 aromatic rings. The molecule has 0 aromatic heterocycles. The number of nitrogens with one attached hydrogen (secondary N) is 1. The summed E-state index contributed by atoms with van der Waals surface area (Å²) in [5.41, 5.74) is 0. The lowest BCUT2D eigenvalue weighted by atomic mass is 10.1. The Labute approximate surface area is 98.5 Å². The van der Waals surface area contributed by atoms with Crippen LogP contribution in [0.4, 0.5) is 0 Å². The summed E-state index contributed by atoms with van der Waals surface area (Å²) in [6.45, 7) is 11.9. The average molecular weight is 228 g/mol. The molecule has 15 heavy (non-hydrogen) atoms. The second-order valence-corrected chi connectivity index (χ2v) is 5.37. The molecule has 0 saturated carbocycles. The van der Waals surface area contributed by atoms with Crippen LogP contribution in [0, 0.1) is 0 Å². The quantitative estimate of drug-likeness (QED) is 0.553. The van der Waals surface area contributed by atoms with Crippen molar-refractivity contribution in [3.63, 3.8) is 0 Å². The highest BCUT2D eigenvalue weighted by molar-refractivity contribution is 7.99. The molecule has 0 radical (unpaired) electrons. The van der Waals surface area contributed by atoms with Gasteiger partial charge in [0.1, 0.15) is 0 Å². The van der Waals surface area contributed by atoms with Crippen LogP contribution >= 0.6 is 11.8 Å². The third-order valence-electron chi connectivity index (χ3n) is 3.03. The number of hydrogen-bond acceptors (Lipinski definition) is 3. The fourth-order valence-corrected chi connectivity index (χ4v) is 2.62. The molecule has 0 bridgehead atoms. The number of rotatable bonds is 6. The van der Waals surface area contributed by atoms with Crippen molar-refractivity contribution >= 4 is 11.8 Å². The molecule has 0 aromatic carbocycles. The Balaban J connectivity index is 2.21. The van der Waals surface area contributed by atoms with E-state index in [4.69, 9.17) is 0 Å². The lowest BCUT2D eigenvalue weighted by Gasteiger charge is -2.38. The summed E-state index contributed by atoms with van der Waals surface area (Å²) in [5, 5.41) is 3.59. The van der Waals surface area contributed by atoms with Gasteiger partial charge in [0.2, 0.25) is 0 Å². The summed E-state index contributed by atoms with van der Waals surface area (Å²) in [5.74, 6) is 2.31. The van der Waals surface area contributed by atoms with Gasteiger partial charge in [-0.05, 0) is 13.3 Å². The molecule has 1 N–H and O–H groups in total. The normalized spacial score (nSPS) is 27.9. The largest absolute Gasteiger partial charge is 0.311 e. The Morgan fingerprint density at radius 2 is 2.40 bits per heavy atom. The average Bonchev–Trinajstić information content (AvgIpc) is 2.26. The van der Waals surface area contributed by atoms with E-state index in [1.807, 2.05) is 17.8 Å². The van der Waals surface area contributed by atoms with Crippen molar-refractivity contribution in [2.24, 2.45) is 0 Å². The third kappa shape index (κ3) is 4.58. The Morgan fingerprint density at radius 3 is 3.07 bits per heavy atom. The van der Waals surface area contributed by atoms with Crippen LogP contribution in [0.5, 0.6) is 0 Å². The van der Waals surface area contributed by atoms with Gasteiger partial charge >= 0.3 is 0 Å². The van der Waals surface area contributed by atoms with Crippen LogP contribution in [0.1, 0.15) is 20.3 Å². The van der Waals surface area contributed by atoms with Crippen molar-refractivity contribution < 1.29 is 0 Å². The molecule has 0 aliphatic carbocycles. The molecule has 1 fully saturated rings. The highest BCUT2D eigenvalue weighted by Crippen LogP contribution is 2.10. The summed E-state index contributed by atoms with van der Waals surface area (Å²) in [4.78, 5) is 2.61. The third-order valence-corrected chi connectivity index (χ3v) is 3.97. The van der Waals surface area contributed by atoms with E-state index in [2.05, 4.69) is 30.6 Å². The zero-order valence-electron chi connectivity index (χ0n) is 10.0. The number of nitrogens with zero attached hydrogens (tertiary/aromatic N) is 1. The molecule has 0 amide bonds. The highest BCUT2D eigenvalue weighted by Gasteiger charge is 2.22. The first kappa shape index (κ1) is 13.1. The molecule has 1 rings (SSSR count). The summed E-state index contributed by atoms with van der Waals surface area (Å²) < 4.78 is 0. The van der Waals surface area contributed by atoms with E-state index < -0.39 is 0 Å². The minimum absolute atomic E-state index is 0.692. The van der Waals surface area contributed by atoms with E-state index in [1.165, 1.54) is 25.3 Å². The van der Waals surface area contributed by atoms with Gasteiger partial charge in [-0.3, -0.25) is 4.90 Å². The molecule has 2 atom stereocenters. The molecule has 1 saturated heterocycles. The zero-order chi connectivity index (χ0) is 11.1. The smallest absolute Gasteiger partial charge is 0.0193 e. The van der Waals surface area contributed by atoms with Crippen molar-refractivity contribution in [3.05, 3.63) is 12.7 Å². The van der Waals surface area contributed by atoms with Crippen LogP contribution in [-0.2, 0) is 0 Å². The number of thioether (sulfide) groups is 1. The van der Waals surface area contributed by atoms with Crippen LogP contribution < -0.4 is 5.32 Å². The van der Waals surface area contributed by atoms with Gasteiger partial charge in [0, 0.05) is 43.2 Å². The van der Waals surface area contributed by atoms with E-state index in [0.29, 0.717) is 12.1 Å². The van der Waals surface area contributed by atoms with E-state index in [9.17, 15) is 0 Å². The summed E-state index contributed by atoms with van der Waals surface area (Å²) in [6, 6.07) is 1.39. The predicted octanol–water partition coefficient (Wildman–Crippen LogP) is 1.98. The van der Waals surface area contributed by atoms with Gasteiger partial charge < -0.3 is 5.32 Å². The maximum atomic E-state index is 3.74. The van der Waals surface area contributed by atoms with E-state index >= 15 is 0 Å². The Bertz CT molecular complexity index is 184. The summed E-state index contributed by atoms with van der Waals surface area (Å²) in [6.07, 6.45) is 3.23. The first-order chi connectivity index (χ1) is 7.27. The lowest BCUT2D eigenvalue weighted by molar-refractivity contribution is 0.148. The van der Waals surface area contributed by atoms with E-state index in [-0.39, 0.29) is 0 Å². The monoisotopic (exact) mass is 228 g/mol. The second kappa shape index (κ2) is 7.31. The maximum Gasteiger partial charge on any atom is 0.0193 e. The van der Waals surface area contributed by atoms with Crippen molar-refractivity contribution in [3.8, 4) is 0 Å². The minimum atomic E-state index is 0.692. The van der Waals surface area contributed by atoms with Crippen molar-refractivity contribution in [2.75, 3.05) is 31.1 Å². The summed E-state index contributed by atoms with van der Waals surface area (Å²) >= 11 is 1.98. The number of hydrogen-bond donors (Lipinski definition) is 1.